The number of hydrogen-bond donors (Lipinski definition) is 1. The van der Waals surface area contributed by atoms with Gasteiger partial charge in [0.2, 0.25) is 11.0 Å². The summed E-state index contributed by atoms with van der Waals surface area (Å²) < 4.78 is 5.71. The van der Waals surface area contributed by atoms with Crippen LogP contribution in [0.5, 0.6) is 0 Å². The summed E-state index contributed by atoms with van der Waals surface area (Å²) >= 11 is 2.64. The lowest BCUT2D eigenvalue weighted by atomic mass is 9.89. The third-order valence-electron chi connectivity index (χ3n) is 3.78. The minimum atomic E-state index is -0.287. The first-order chi connectivity index (χ1) is 11.1. The molecule has 1 saturated carbocycles. The molecule has 6 nitrogen and oxygen atoms in total. The fourth-order valence-corrected chi connectivity index (χ4v) is 4.46. The van der Waals surface area contributed by atoms with E-state index in [2.05, 4.69) is 15.5 Å². The van der Waals surface area contributed by atoms with Crippen LogP contribution in [0.4, 0.5) is 5.13 Å². The lowest BCUT2D eigenvalue weighted by molar-refractivity contribution is -0.142. The molecule has 1 fully saturated rings. The van der Waals surface area contributed by atoms with E-state index in [4.69, 9.17) is 4.74 Å². The Morgan fingerprint density at radius 3 is 2.70 bits per heavy atom. The Bertz CT molecular complexity index is 530. The second kappa shape index (κ2) is 9.22. The van der Waals surface area contributed by atoms with E-state index in [0.29, 0.717) is 22.5 Å². The highest BCUT2D eigenvalue weighted by Crippen LogP contribution is 2.32. The molecule has 1 atom stereocenters. The van der Waals surface area contributed by atoms with E-state index in [1.165, 1.54) is 29.5 Å². The van der Waals surface area contributed by atoms with Gasteiger partial charge in [0, 0.05) is 5.92 Å². The maximum absolute atomic E-state index is 12.2. The maximum Gasteiger partial charge on any atom is 0.319 e. The van der Waals surface area contributed by atoms with Gasteiger partial charge in [-0.2, -0.15) is 0 Å². The number of rotatable bonds is 7. The molecule has 1 aromatic heterocycles. The Morgan fingerprint density at radius 2 is 2.04 bits per heavy atom. The summed E-state index contributed by atoms with van der Waals surface area (Å²) in [5.74, 6) is -0.107. The molecular weight excluding hydrogens is 334 g/mol. The smallest absolute Gasteiger partial charge is 0.319 e. The van der Waals surface area contributed by atoms with Crippen LogP contribution in [0.15, 0.2) is 4.34 Å². The van der Waals surface area contributed by atoms with Gasteiger partial charge in [0.15, 0.2) is 4.34 Å². The molecule has 0 spiro atoms. The van der Waals surface area contributed by atoms with E-state index in [1.54, 1.807) is 6.92 Å². The summed E-state index contributed by atoms with van der Waals surface area (Å²) in [7, 11) is 0. The van der Waals surface area contributed by atoms with Crippen molar-refractivity contribution in [2.45, 2.75) is 62.0 Å². The predicted molar refractivity (Wildman–Crippen MR) is 91.7 cm³/mol. The lowest BCUT2D eigenvalue weighted by Crippen LogP contribution is -2.24. The molecular formula is C15H23N3O3S2. The summed E-state index contributed by atoms with van der Waals surface area (Å²) in [6, 6.07) is 0. The van der Waals surface area contributed by atoms with Crippen molar-refractivity contribution < 1.29 is 14.3 Å². The number of nitrogens with zero attached hydrogens (tertiary/aromatic N) is 2. The second-order valence-electron chi connectivity index (χ2n) is 5.46. The molecule has 8 heteroatoms. The SMILES string of the molecule is CCOC(=O)[C@@H](CC)Sc1nnc(NC(=O)C2CCCCC2)s1. The van der Waals surface area contributed by atoms with Gasteiger partial charge in [-0.1, -0.05) is 49.3 Å². The van der Waals surface area contributed by atoms with E-state index in [9.17, 15) is 9.59 Å². The average molecular weight is 358 g/mol. The molecule has 2 rings (SSSR count). The molecule has 0 radical (unpaired) electrons. The van der Waals surface area contributed by atoms with Crippen molar-refractivity contribution in [3.8, 4) is 0 Å². The van der Waals surface area contributed by atoms with Crippen molar-refractivity contribution in [3.63, 3.8) is 0 Å². The Balaban J connectivity index is 1.89. The quantitative estimate of drug-likeness (QED) is 0.457. The Morgan fingerprint density at radius 1 is 1.30 bits per heavy atom. The highest BCUT2D eigenvalue weighted by atomic mass is 32.2. The molecule has 1 N–H and O–H groups in total. The van der Waals surface area contributed by atoms with Crippen LogP contribution >= 0.6 is 23.1 Å². The zero-order valence-electron chi connectivity index (χ0n) is 13.5. The minimum Gasteiger partial charge on any atom is -0.465 e. The molecule has 0 unspecified atom stereocenters. The zero-order chi connectivity index (χ0) is 16.7. The number of ether oxygens (including phenoxy) is 1. The monoisotopic (exact) mass is 357 g/mol. The van der Waals surface area contributed by atoms with E-state index < -0.39 is 0 Å². The van der Waals surface area contributed by atoms with Crippen molar-refractivity contribution in [3.05, 3.63) is 0 Å². The third-order valence-corrected chi connectivity index (χ3v) is 6.04. The number of esters is 1. The van der Waals surface area contributed by atoms with Gasteiger partial charge in [0.1, 0.15) is 5.25 Å². The van der Waals surface area contributed by atoms with Crippen molar-refractivity contribution in [1.29, 1.82) is 0 Å². The van der Waals surface area contributed by atoms with Crippen molar-refractivity contribution >= 4 is 40.1 Å². The first-order valence-electron chi connectivity index (χ1n) is 8.11. The van der Waals surface area contributed by atoms with E-state index in [1.807, 2.05) is 6.92 Å². The first-order valence-corrected chi connectivity index (χ1v) is 9.81. The minimum absolute atomic E-state index is 0.0369. The summed E-state index contributed by atoms with van der Waals surface area (Å²) in [6.07, 6.45) is 6.02. The first kappa shape index (κ1) is 18.2. The fourth-order valence-electron chi connectivity index (χ4n) is 2.54. The maximum atomic E-state index is 12.2. The van der Waals surface area contributed by atoms with E-state index in [-0.39, 0.29) is 23.0 Å². The van der Waals surface area contributed by atoms with Gasteiger partial charge in [0.25, 0.3) is 0 Å². The van der Waals surface area contributed by atoms with Gasteiger partial charge in [-0.25, -0.2) is 0 Å². The average Bonchev–Trinajstić information content (AvgIpc) is 3.00. The van der Waals surface area contributed by atoms with Crippen LogP contribution in [0.2, 0.25) is 0 Å². The summed E-state index contributed by atoms with van der Waals surface area (Å²) in [6.45, 7) is 4.09. The van der Waals surface area contributed by atoms with Crippen LogP contribution in [0.3, 0.4) is 0 Å². The molecule has 1 amide bonds. The number of hydrogen-bond acceptors (Lipinski definition) is 7. The Kier molecular flexibility index (Phi) is 7.29. The lowest BCUT2D eigenvalue weighted by Gasteiger charge is -2.19. The molecule has 1 aliphatic carbocycles. The van der Waals surface area contributed by atoms with Crippen LogP contribution in [0, 0.1) is 5.92 Å². The molecule has 0 bridgehead atoms. The van der Waals surface area contributed by atoms with Gasteiger partial charge in [-0.3, -0.25) is 9.59 Å². The van der Waals surface area contributed by atoms with E-state index in [0.717, 1.165) is 25.7 Å². The fraction of sp³-hybridized carbons (Fsp3) is 0.733. The highest BCUT2D eigenvalue weighted by Gasteiger charge is 2.24. The molecule has 23 heavy (non-hydrogen) atoms. The normalized spacial score (nSPS) is 16.8. The topological polar surface area (TPSA) is 81.2 Å². The summed E-state index contributed by atoms with van der Waals surface area (Å²) in [5, 5.41) is 11.1. The van der Waals surface area contributed by atoms with Gasteiger partial charge in [-0.05, 0) is 26.2 Å². The molecule has 0 aromatic carbocycles. The molecule has 1 heterocycles. The predicted octanol–water partition coefficient (Wildman–Crippen LogP) is 3.49. The molecule has 0 saturated heterocycles. The van der Waals surface area contributed by atoms with Gasteiger partial charge in [0.05, 0.1) is 6.61 Å². The van der Waals surface area contributed by atoms with Crippen LogP contribution in [0.1, 0.15) is 52.4 Å². The summed E-state index contributed by atoms with van der Waals surface area (Å²) in [4.78, 5) is 24.0. The molecule has 1 aliphatic rings. The van der Waals surface area contributed by atoms with Crippen LogP contribution in [0.25, 0.3) is 0 Å². The van der Waals surface area contributed by atoms with Crippen molar-refractivity contribution in [2.75, 3.05) is 11.9 Å². The van der Waals surface area contributed by atoms with Gasteiger partial charge < -0.3 is 10.1 Å². The third kappa shape index (κ3) is 5.46. The standard InChI is InChI=1S/C15H23N3O3S2/c1-3-11(13(20)21-4-2)22-15-18-17-14(23-15)16-12(19)10-8-6-5-7-9-10/h10-11H,3-9H2,1-2H3,(H,16,17,19)/t11-/m1/s1. The number of amides is 1. The Hall–Kier alpha value is -1.15. The Labute approximate surface area is 144 Å². The second-order valence-corrected chi connectivity index (χ2v) is 7.89. The van der Waals surface area contributed by atoms with Gasteiger partial charge >= 0.3 is 5.97 Å². The summed E-state index contributed by atoms with van der Waals surface area (Å²) in [5.41, 5.74) is 0. The van der Waals surface area contributed by atoms with Gasteiger partial charge in [-0.15, -0.1) is 10.2 Å². The number of thioether (sulfide) groups is 1. The van der Waals surface area contributed by atoms with Crippen LogP contribution in [-0.2, 0) is 14.3 Å². The molecule has 128 valence electrons. The molecule has 0 aliphatic heterocycles. The number of nitrogens with one attached hydrogen (secondary N) is 1. The van der Waals surface area contributed by atoms with Crippen molar-refractivity contribution in [2.24, 2.45) is 5.92 Å². The van der Waals surface area contributed by atoms with Crippen LogP contribution < -0.4 is 5.32 Å². The van der Waals surface area contributed by atoms with E-state index >= 15 is 0 Å². The highest BCUT2D eigenvalue weighted by molar-refractivity contribution is 8.02. The largest absolute Gasteiger partial charge is 0.465 e. The van der Waals surface area contributed by atoms with Crippen LogP contribution in [-0.4, -0.2) is 33.9 Å². The van der Waals surface area contributed by atoms with Crippen molar-refractivity contribution in [1.82, 2.24) is 10.2 Å². The number of aromatic nitrogens is 2. The number of anilines is 1. The number of carbonyl (C=O) groups excluding carboxylic acids is 2. The zero-order valence-corrected chi connectivity index (χ0v) is 15.2. The number of carbonyl (C=O) groups is 2. The molecule has 1 aromatic rings.